The largest absolute Gasteiger partial charge is 0.490 e. The number of aryl methyl sites for hydroxylation is 1. The van der Waals surface area contributed by atoms with Gasteiger partial charge in [-0.3, -0.25) is 19.1 Å². The number of carbonyl (C=O) groups excluding carboxylic acids is 3. The summed E-state index contributed by atoms with van der Waals surface area (Å²) >= 11 is 7.87. The van der Waals surface area contributed by atoms with Gasteiger partial charge in [-0.05, 0) is 93.0 Å². The zero-order valence-electron chi connectivity index (χ0n) is 37.8. The summed E-state index contributed by atoms with van der Waals surface area (Å²) in [5.74, 6) is 1.16. The highest BCUT2D eigenvalue weighted by molar-refractivity contribution is 7.13. The van der Waals surface area contributed by atoms with Gasteiger partial charge in [0.25, 0.3) is 5.91 Å². The predicted molar refractivity (Wildman–Crippen MR) is 252 cm³/mol. The smallest absolute Gasteiger partial charge is 0.251 e. The molecule has 4 heterocycles. The van der Waals surface area contributed by atoms with E-state index in [0.717, 1.165) is 59.7 Å². The zero-order chi connectivity index (χ0) is 46.0. The molecule has 0 spiro atoms. The van der Waals surface area contributed by atoms with E-state index in [4.69, 9.17) is 21.1 Å². The van der Waals surface area contributed by atoms with Crippen LogP contribution in [0.25, 0.3) is 10.4 Å². The van der Waals surface area contributed by atoms with Gasteiger partial charge >= 0.3 is 0 Å². The van der Waals surface area contributed by atoms with Gasteiger partial charge in [-0.2, -0.15) is 10.4 Å². The number of anilines is 1. The molecule has 0 unspecified atom stereocenters. The molecule has 15 heteroatoms. The average Bonchev–Trinajstić information content (AvgIpc) is 4.09. The molecule has 65 heavy (non-hydrogen) atoms. The number of thiazole rings is 1. The second-order valence-corrected chi connectivity index (χ2v) is 20.1. The molecule has 3 aromatic carbocycles. The first-order valence-electron chi connectivity index (χ1n) is 22.4. The van der Waals surface area contributed by atoms with Gasteiger partial charge in [0, 0.05) is 53.8 Å². The van der Waals surface area contributed by atoms with Crippen molar-refractivity contribution in [2.75, 3.05) is 31.1 Å². The van der Waals surface area contributed by atoms with Crippen LogP contribution in [0.5, 0.6) is 11.5 Å². The Hall–Kier alpha value is -5.91. The number of ether oxygens (including phenoxy) is 2. The standard InChI is InChI=1S/C50H57ClN8O5S/c1-31(34-9-11-35(12-10-34)44-32(2)53-30-65-44)55-46(62)42-8-7-21-59(42)43(60)28-58-27-40(26-54-58)63-29-33-19-22-57(23-20-33)38-16-13-36(14-17-38)45(61)56-47-49(3,4)48(50(47,5)6)64-39-18-15-37(25-52)41(51)24-39/h9-18,24,26-27,30-31,33,42,47-48H,7-8,19-23,28-29H2,1-6H3,(H,55,62)(H,56,61)/t31-,42-,47-,48-/m0/s1. The molecule has 0 bridgehead atoms. The molecule has 3 aliphatic rings. The number of hydrogen-bond donors (Lipinski definition) is 2. The minimum atomic E-state index is -0.518. The Balaban J connectivity index is 0.760. The number of nitrogens with zero attached hydrogens (tertiary/aromatic N) is 6. The van der Waals surface area contributed by atoms with Crippen LogP contribution in [0.1, 0.15) is 93.5 Å². The number of hydrogen-bond acceptors (Lipinski definition) is 10. The monoisotopic (exact) mass is 916 g/mol. The van der Waals surface area contributed by atoms with Crippen LogP contribution in [0.2, 0.25) is 5.02 Å². The van der Waals surface area contributed by atoms with Crippen LogP contribution in [-0.2, 0) is 16.1 Å². The minimum Gasteiger partial charge on any atom is -0.490 e. The number of aromatic nitrogens is 3. The van der Waals surface area contributed by atoms with Crippen LogP contribution < -0.4 is 25.0 Å². The molecule has 1 aliphatic carbocycles. The van der Waals surface area contributed by atoms with Gasteiger partial charge in [0.2, 0.25) is 11.8 Å². The Morgan fingerprint density at radius 2 is 1.69 bits per heavy atom. The molecule has 2 aromatic heterocycles. The lowest BCUT2D eigenvalue weighted by Gasteiger charge is -2.63. The van der Waals surface area contributed by atoms with E-state index in [2.05, 4.69) is 71.5 Å². The molecule has 8 rings (SSSR count). The Morgan fingerprint density at radius 3 is 2.35 bits per heavy atom. The molecule has 5 aromatic rings. The van der Waals surface area contributed by atoms with Crippen molar-refractivity contribution in [3.63, 3.8) is 0 Å². The average molecular weight is 918 g/mol. The van der Waals surface area contributed by atoms with E-state index in [-0.39, 0.29) is 53.3 Å². The van der Waals surface area contributed by atoms with Crippen molar-refractivity contribution in [3.8, 4) is 28.0 Å². The summed E-state index contributed by atoms with van der Waals surface area (Å²) in [5.41, 5.74) is 6.31. The third kappa shape index (κ3) is 9.72. The summed E-state index contributed by atoms with van der Waals surface area (Å²) in [4.78, 5) is 49.9. The highest BCUT2D eigenvalue weighted by Crippen LogP contribution is 2.55. The maximum Gasteiger partial charge on any atom is 0.251 e. The van der Waals surface area contributed by atoms with Crippen molar-refractivity contribution >= 4 is 46.3 Å². The minimum absolute atomic E-state index is 0.0308. The summed E-state index contributed by atoms with van der Waals surface area (Å²) in [6, 6.07) is 22.3. The lowest BCUT2D eigenvalue weighted by Crippen LogP contribution is -2.74. The second kappa shape index (κ2) is 18.9. The third-order valence-corrected chi connectivity index (χ3v) is 14.9. The van der Waals surface area contributed by atoms with Crippen LogP contribution >= 0.6 is 22.9 Å². The molecule has 0 radical (unpaired) electrons. The number of amides is 3. The van der Waals surface area contributed by atoms with E-state index in [1.165, 1.54) is 0 Å². The summed E-state index contributed by atoms with van der Waals surface area (Å²) in [6.07, 6.45) is 6.51. The van der Waals surface area contributed by atoms with Gasteiger partial charge in [0.05, 0.1) is 51.7 Å². The van der Waals surface area contributed by atoms with Crippen LogP contribution in [-0.4, -0.2) is 81.8 Å². The van der Waals surface area contributed by atoms with E-state index in [9.17, 15) is 19.6 Å². The highest BCUT2D eigenvalue weighted by Gasteiger charge is 2.64. The first-order chi connectivity index (χ1) is 31.1. The first-order valence-corrected chi connectivity index (χ1v) is 23.7. The normalized spacial score (nSPS) is 20.6. The second-order valence-electron chi connectivity index (χ2n) is 18.8. The van der Waals surface area contributed by atoms with Crippen LogP contribution in [0.4, 0.5) is 5.69 Å². The van der Waals surface area contributed by atoms with E-state index >= 15 is 0 Å². The molecule has 2 N–H and O–H groups in total. The number of benzene rings is 3. The van der Waals surface area contributed by atoms with Crippen molar-refractivity contribution in [3.05, 3.63) is 112 Å². The summed E-state index contributed by atoms with van der Waals surface area (Å²) in [5, 5.41) is 20.4. The molecule has 13 nitrogen and oxygen atoms in total. The van der Waals surface area contributed by atoms with Crippen LogP contribution in [0, 0.1) is 35.0 Å². The first kappa shape index (κ1) is 45.7. The Morgan fingerprint density at radius 1 is 0.969 bits per heavy atom. The number of nitriles is 1. The van der Waals surface area contributed by atoms with Gasteiger partial charge in [-0.15, -0.1) is 11.3 Å². The quantitative estimate of drug-likeness (QED) is 0.111. The van der Waals surface area contributed by atoms with Crippen LogP contribution in [0.3, 0.4) is 0 Å². The molecular weight excluding hydrogens is 860 g/mol. The third-order valence-electron chi connectivity index (χ3n) is 13.6. The van der Waals surface area contributed by atoms with E-state index in [1.807, 2.05) is 55.8 Å². The summed E-state index contributed by atoms with van der Waals surface area (Å²) in [7, 11) is 0. The maximum absolute atomic E-state index is 13.5. The van der Waals surface area contributed by atoms with Gasteiger partial charge in [-0.25, -0.2) is 4.98 Å². The van der Waals surface area contributed by atoms with E-state index in [0.29, 0.717) is 53.1 Å². The Labute approximate surface area is 390 Å². The topological polar surface area (TPSA) is 155 Å². The number of halogens is 1. The number of piperidine rings is 1. The molecule has 2 saturated heterocycles. The fraction of sp³-hybridized carbons (Fsp3) is 0.440. The molecule has 340 valence electrons. The number of carbonyl (C=O) groups is 3. The Bertz CT molecular complexity index is 2540. The van der Waals surface area contributed by atoms with Crippen molar-refractivity contribution < 1.29 is 23.9 Å². The summed E-state index contributed by atoms with van der Waals surface area (Å²) in [6.45, 7) is 15.2. The molecule has 1 saturated carbocycles. The maximum atomic E-state index is 13.5. The highest BCUT2D eigenvalue weighted by atomic mass is 35.5. The van der Waals surface area contributed by atoms with Crippen molar-refractivity contribution in [1.29, 1.82) is 5.26 Å². The van der Waals surface area contributed by atoms with Gasteiger partial charge < -0.3 is 29.9 Å². The molecule has 2 aliphatic heterocycles. The lowest BCUT2D eigenvalue weighted by molar-refractivity contribution is -0.164. The fourth-order valence-corrected chi connectivity index (χ4v) is 11.2. The molecule has 2 atom stereocenters. The van der Waals surface area contributed by atoms with Crippen molar-refractivity contribution in [1.82, 2.24) is 30.3 Å². The van der Waals surface area contributed by atoms with Crippen molar-refractivity contribution in [2.24, 2.45) is 16.7 Å². The summed E-state index contributed by atoms with van der Waals surface area (Å²) < 4.78 is 14.1. The molecule has 3 amide bonds. The number of nitrogens with one attached hydrogen (secondary N) is 2. The lowest BCUT2D eigenvalue weighted by atomic mass is 9.49. The van der Waals surface area contributed by atoms with Gasteiger partial charge in [0.15, 0.2) is 5.75 Å². The van der Waals surface area contributed by atoms with E-state index < -0.39 is 6.04 Å². The molecule has 3 fully saturated rings. The van der Waals surface area contributed by atoms with E-state index in [1.54, 1.807) is 51.5 Å². The zero-order valence-corrected chi connectivity index (χ0v) is 39.4. The van der Waals surface area contributed by atoms with Gasteiger partial charge in [-0.1, -0.05) is 63.6 Å². The molecular formula is C50H57ClN8O5S. The van der Waals surface area contributed by atoms with Gasteiger partial charge in [0.1, 0.15) is 30.5 Å². The SMILES string of the molecule is Cc1ncsc1-c1ccc([C@H](C)NC(=O)[C@@H]2CCCN2C(=O)Cn2cc(OCC3CCN(c4ccc(C(=O)N[C@H]5C(C)(C)[C@H](Oc6ccc(C#N)c(Cl)c6)C5(C)C)cc4)CC3)cn2)cc1. The number of likely N-dealkylation sites (tertiary alicyclic amines) is 1. The van der Waals surface area contributed by atoms with Crippen molar-refractivity contribution in [2.45, 2.75) is 98.0 Å². The predicted octanol–water partition coefficient (Wildman–Crippen LogP) is 8.62. The fourth-order valence-electron chi connectivity index (χ4n) is 10.2. The number of rotatable bonds is 14. The Kier molecular flexibility index (Phi) is 13.3. The van der Waals surface area contributed by atoms with Crippen LogP contribution in [0.15, 0.2) is 84.6 Å².